The number of benzene rings is 1. The fourth-order valence-electron chi connectivity index (χ4n) is 3.63. The summed E-state index contributed by atoms with van der Waals surface area (Å²) in [4.78, 5) is 16.5. The lowest BCUT2D eigenvalue weighted by atomic mass is 9.93. The quantitative estimate of drug-likeness (QED) is 0.490. The summed E-state index contributed by atoms with van der Waals surface area (Å²) in [5.41, 5.74) is 3.64. The molecule has 1 aliphatic carbocycles. The predicted molar refractivity (Wildman–Crippen MR) is 115 cm³/mol. The monoisotopic (exact) mass is 427 g/mol. The Bertz CT molecular complexity index is 1090. The smallest absolute Gasteiger partial charge is 0.305 e. The molecule has 1 aliphatic rings. The Morgan fingerprint density at radius 2 is 1.97 bits per heavy atom. The fraction of sp³-hybridized carbons (Fsp3) is 0.304. The third-order valence-corrected chi connectivity index (χ3v) is 5.99. The lowest BCUT2D eigenvalue weighted by molar-refractivity contribution is -0.139. The van der Waals surface area contributed by atoms with Gasteiger partial charge in [-0.1, -0.05) is 24.3 Å². The van der Waals surface area contributed by atoms with Crippen LogP contribution in [0.4, 0.5) is 4.39 Å². The molecule has 2 heterocycles. The molecule has 30 heavy (non-hydrogen) atoms. The number of thiophene rings is 1. The first-order chi connectivity index (χ1) is 14.4. The first kappa shape index (κ1) is 20.7. The molecule has 1 fully saturated rings. The molecule has 0 radical (unpaired) electrons. The predicted octanol–water partition coefficient (Wildman–Crippen LogP) is 4.58. The van der Waals surface area contributed by atoms with Crippen LogP contribution >= 0.6 is 11.3 Å². The number of hydrogen-bond acceptors (Lipinski definition) is 5. The van der Waals surface area contributed by atoms with Gasteiger partial charge in [-0.25, -0.2) is 9.37 Å². The van der Waals surface area contributed by atoms with E-state index in [1.807, 2.05) is 11.4 Å². The zero-order valence-corrected chi connectivity index (χ0v) is 17.0. The third-order valence-electron chi connectivity index (χ3n) is 5.19. The fourth-order valence-corrected chi connectivity index (χ4v) is 4.42. The number of pyridine rings is 1. The Hall–Kier alpha value is -2.61. The van der Waals surface area contributed by atoms with Gasteiger partial charge in [-0.3, -0.25) is 4.79 Å². The van der Waals surface area contributed by atoms with Crippen LogP contribution in [-0.4, -0.2) is 38.5 Å². The van der Waals surface area contributed by atoms with E-state index in [1.54, 1.807) is 35.6 Å². The lowest BCUT2D eigenvalue weighted by Crippen LogP contribution is -2.19. The van der Waals surface area contributed by atoms with Crippen molar-refractivity contribution in [3.05, 3.63) is 58.9 Å². The zero-order chi connectivity index (χ0) is 21.3. The van der Waals surface area contributed by atoms with E-state index in [9.17, 15) is 19.4 Å². The molecule has 0 spiro atoms. The van der Waals surface area contributed by atoms with Crippen molar-refractivity contribution in [2.75, 3.05) is 0 Å². The van der Waals surface area contributed by atoms with Crippen LogP contribution in [0.3, 0.4) is 0 Å². The van der Waals surface area contributed by atoms with Gasteiger partial charge >= 0.3 is 5.97 Å². The molecule has 0 aliphatic heterocycles. The van der Waals surface area contributed by atoms with Crippen LogP contribution in [0.15, 0.2) is 41.8 Å². The number of aliphatic carboxylic acids is 1. The molecule has 0 saturated heterocycles. The molecule has 2 unspecified atom stereocenters. The van der Waals surface area contributed by atoms with Crippen molar-refractivity contribution in [1.82, 2.24) is 4.98 Å². The SMILES string of the molecule is O=C(O)CC(O)CC(O)C=Cc1c(C2CC2)nc2sccc2c1-c1ccc(F)cc1. The number of aliphatic hydroxyl groups is 2. The van der Waals surface area contributed by atoms with Crippen LogP contribution in [-0.2, 0) is 4.79 Å². The standard InChI is InChI=1S/C23H22FNO4S/c24-15-5-3-13(4-6-15)21-18(8-7-16(26)11-17(27)12-20(28)29)22(14-1-2-14)25-23-19(21)9-10-30-23/h3-10,14,16-17,26-27H,1-2,11-12H2,(H,28,29). The maximum absolute atomic E-state index is 13.5. The minimum absolute atomic E-state index is 0.0679. The Morgan fingerprint density at radius 1 is 1.23 bits per heavy atom. The Labute approximate surface area is 177 Å². The summed E-state index contributed by atoms with van der Waals surface area (Å²) in [5, 5.41) is 31.8. The van der Waals surface area contributed by atoms with Crippen LogP contribution in [0.25, 0.3) is 27.4 Å². The topological polar surface area (TPSA) is 90.7 Å². The molecule has 3 aromatic rings. The molecule has 0 bridgehead atoms. The Kier molecular flexibility index (Phi) is 5.94. The highest BCUT2D eigenvalue weighted by molar-refractivity contribution is 7.16. The second kappa shape index (κ2) is 8.63. The van der Waals surface area contributed by atoms with Crippen LogP contribution in [0.5, 0.6) is 0 Å². The highest BCUT2D eigenvalue weighted by atomic mass is 32.1. The van der Waals surface area contributed by atoms with E-state index < -0.39 is 24.6 Å². The molecule has 4 rings (SSSR count). The highest BCUT2D eigenvalue weighted by Gasteiger charge is 2.30. The lowest BCUT2D eigenvalue weighted by Gasteiger charge is -2.15. The maximum atomic E-state index is 13.5. The van der Waals surface area contributed by atoms with Gasteiger partial charge in [0.05, 0.1) is 24.3 Å². The molecule has 7 heteroatoms. The zero-order valence-electron chi connectivity index (χ0n) is 16.2. The number of carboxylic acids is 1. The summed E-state index contributed by atoms with van der Waals surface area (Å²) in [5.74, 6) is -1.07. The van der Waals surface area contributed by atoms with Crippen molar-refractivity contribution in [1.29, 1.82) is 0 Å². The molecule has 5 nitrogen and oxygen atoms in total. The van der Waals surface area contributed by atoms with E-state index in [0.29, 0.717) is 5.92 Å². The van der Waals surface area contributed by atoms with Gasteiger partial charge in [0, 0.05) is 28.9 Å². The van der Waals surface area contributed by atoms with Crippen molar-refractivity contribution in [3.63, 3.8) is 0 Å². The molecule has 156 valence electrons. The summed E-state index contributed by atoms with van der Waals surface area (Å²) < 4.78 is 13.5. The Balaban J connectivity index is 1.75. The van der Waals surface area contributed by atoms with Crippen LogP contribution in [0.2, 0.25) is 0 Å². The number of aromatic nitrogens is 1. The van der Waals surface area contributed by atoms with Crippen molar-refractivity contribution < 1.29 is 24.5 Å². The summed E-state index contributed by atoms with van der Waals surface area (Å²) in [6.45, 7) is 0. The highest BCUT2D eigenvalue weighted by Crippen LogP contribution is 2.46. The molecule has 3 N–H and O–H groups in total. The van der Waals surface area contributed by atoms with Gasteiger partial charge in [0.15, 0.2) is 0 Å². The van der Waals surface area contributed by atoms with Crippen LogP contribution in [0, 0.1) is 5.82 Å². The van der Waals surface area contributed by atoms with Crippen molar-refractivity contribution in [2.24, 2.45) is 0 Å². The molecular weight excluding hydrogens is 405 g/mol. The van der Waals surface area contributed by atoms with E-state index in [-0.39, 0.29) is 12.2 Å². The number of fused-ring (bicyclic) bond motifs is 1. The number of halogens is 1. The summed E-state index contributed by atoms with van der Waals surface area (Å²) >= 11 is 1.56. The summed E-state index contributed by atoms with van der Waals surface area (Å²) in [6, 6.07) is 8.32. The summed E-state index contributed by atoms with van der Waals surface area (Å²) in [7, 11) is 0. The number of nitrogens with zero attached hydrogens (tertiary/aromatic N) is 1. The normalized spacial score (nSPS) is 16.2. The number of aliphatic hydroxyl groups excluding tert-OH is 2. The van der Waals surface area contributed by atoms with E-state index in [2.05, 4.69) is 0 Å². The molecule has 1 saturated carbocycles. The van der Waals surface area contributed by atoms with Gasteiger partial charge in [0.2, 0.25) is 0 Å². The molecule has 2 aromatic heterocycles. The van der Waals surface area contributed by atoms with E-state index in [4.69, 9.17) is 10.1 Å². The third kappa shape index (κ3) is 4.59. The van der Waals surface area contributed by atoms with Crippen LogP contribution in [0.1, 0.15) is 42.9 Å². The van der Waals surface area contributed by atoms with Gasteiger partial charge in [0.25, 0.3) is 0 Å². The van der Waals surface area contributed by atoms with Crippen molar-refractivity contribution >= 4 is 33.6 Å². The minimum Gasteiger partial charge on any atom is -0.481 e. The van der Waals surface area contributed by atoms with Gasteiger partial charge in [-0.15, -0.1) is 11.3 Å². The number of rotatable bonds is 8. The molecule has 2 atom stereocenters. The largest absolute Gasteiger partial charge is 0.481 e. The second-order valence-corrected chi connectivity index (χ2v) is 8.51. The van der Waals surface area contributed by atoms with Gasteiger partial charge < -0.3 is 15.3 Å². The van der Waals surface area contributed by atoms with E-state index >= 15 is 0 Å². The maximum Gasteiger partial charge on any atom is 0.305 e. The first-order valence-electron chi connectivity index (χ1n) is 9.85. The van der Waals surface area contributed by atoms with E-state index in [1.165, 1.54) is 12.1 Å². The van der Waals surface area contributed by atoms with Crippen LogP contribution < -0.4 is 0 Å². The van der Waals surface area contributed by atoms with E-state index in [0.717, 1.165) is 45.4 Å². The molecule has 0 amide bonds. The molecule has 1 aromatic carbocycles. The average Bonchev–Trinajstić information content (AvgIpc) is 3.43. The number of carboxylic acid groups (broad SMARTS) is 1. The van der Waals surface area contributed by atoms with Gasteiger partial charge in [0.1, 0.15) is 10.6 Å². The first-order valence-corrected chi connectivity index (χ1v) is 10.7. The van der Waals surface area contributed by atoms with Crippen molar-refractivity contribution in [3.8, 4) is 11.1 Å². The average molecular weight is 427 g/mol. The van der Waals surface area contributed by atoms with Crippen molar-refractivity contribution in [2.45, 2.75) is 43.8 Å². The Morgan fingerprint density at radius 3 is 2.63 bits per heavy atom. The summed E-state index contributed by atoms with van der Waals surface area (Å²) in [6.07, 6.45) is 2.86. The minimum atomic E-state index is -1.13. The van der Waals surface area contributed by atoms with Gasteiger partial charge in [-0.05, 0) is 42.0 Å². The molecular formula is C23H22FNO4S. The number of carbonyl (C=O) groups is 1. The number of hydrogen-bond donors (Lipinski definition) is 3. The second-order valence-electron chi connectivity index (χ2n) is 7.62. The van der Waals surface area contributed by atoms with Gasteiger partial charge in [-0.2, -0.15) is 0 Å².